The van der Waals surface area contributed by atoms with Gasteiger partial charge in [0.2, 0.25) is 15.8 Å². The third-order valence-corrected chi connectivity index (χ3v) is 7.38. The van der Waals surface area contributed by atoms with E-state index in [0.717, 1.165) is 9.87 Å². The third kappa shape index (κ3) is 4.67. The predicted molar refractivity (Wildman–Crippen MR) is 117 cm³/mol. The van der Waals surface area contributed by atoms with Crippen molar-refractivity contribution < 1.29 is 27.2 Å². The molecule has 3 heterocycles. The molecule has 3 aromatic rings. The van der Waals surface area contributed by atoms with Crippen LogP contribution in [-0.4, -0.2) is 69.2 Å². The maximum atomic E-state index is 13.0. The number of hydrogen-bond acceptors (Lipinski definition) is 10. The normalized spacial score (nSPS) is 14.7. The SMILES string of the molecule is CN(C)S(=O)(=O)c1ccc(N2CCOCC2)c(C(=O)OCc2noc(-c3ccsc3)n2)c1. The van der Waals surface area contributed by atoms with Gasteiger partial charge in [0.15, 0.2) is 6.61 Å². The summed E-state index contributed by atoms with van der Waals surface area (Å²) in [7, 11) is -0.856. The second-order valence-electron chi connectivity index (χ2n) is 7.17. The van der Waals surface area contributed by atoms with E-state index >= 15 is 0 Å². The second-order valence-corrected chi connectivity index (χ2v) is 10.1. The Morgan fingerprint density at radius 1 is 1.25 bits per heavy atom. The zero-order valence-electron chi connectivity index (χ0n) is 17.6. The van der Waals surface area contributed by atoms with Crippen molar-refractivity contribution in [2.75, 3.05) is 45.3 Å². The quantitative estimate of drug-likeness (QED) is 0.472. The van der Waals surface area contributed by atoms with E-state index < -0.39 is 16.0 Å². The minimum atomic E-state index is -3.73. The molecule has 170 valence electrons. The van der Waals surface area contributed by atoms with Crippen LogP contribution in [0.4, 0.5) is 5.69 Å². The molecule has 0 atom stereocenters. The molecule has 1 fully saturated rings. The van der Waals surface area contributed by atoms with Crippen molar-refractivity contribution in [3.05, 3.63) is 46.4 Å². The highest BCUT2D eigenvalue weighted by Gasteiger charge is 2.25. The average molecular weight is 479 g/mol. The van der Waals surface area contributed by atoms with Crippen LogP contribution in [-0.2, 0) is 26.1 Å². The lowest BCUT2D eigenvalue weighted by Gasteiger charge is -2.30. The largest absolute Gasteiger partial charge is 0.454 e. The molecule has 0 bridgehead atoms. The molecular formula is C20H22N4O6S2. The summed E-state index contributed by atoms with van der Waals surface area (Å²) >= 11 is 1.50. The average Bonchev–Trinajstić information content (AvgIpc) is 3.49. The van der Waals surface area contributed by atoms with Gasteiger partial charge in [-0.2, -0.15) is 16.3 Å². The minimum absolute atomic E-state index is 0.00534. The molecule has 4 rings (SSSR count). The van der Waals surface area contributed by atoms with Gasteiger partial charge in [-0.05, 0) is 29.6 Å². The van der Waals surface area contributed by atoms with Crippen LogP contribution in [0.25, 0.3) is 11.5 Å². The first-order chi connectivity index (χ1) is 15.4. The first-order valence-corrected chi connectivity index (χ1v) is 12.2. The molecule has 1 aliphatic rings. The maximum Gasteiger partial charge on any atom is 0.340 e. The van der Waals surface area contributed by atoms with Crippen LogP contribution in [0.5, 0.6) is 0 Å². The molecule has 0 unspecified atom stereocenters. The molecule has 1 aromatic carbocycles. The number of thiophene rings is 1. The van der Waals surface area contributed by atoms with Crippen molar-refractivity contribution in [3.63, 3.8) is 0 Å². The lowest BCUT2D eigenvalue weighted by molar-refractivity contribution is 0.0459. The summed E-state index contributed by atoms with van der Waals surface area (Å²) < 4.78 is 42.3. The van der Waals surface area contributed by atoms with Gasteiger partial charge in [-0.15, -0.1) is 0 Å². The monoisotopic (exact) mass is 478 g/mol. The Hall–Kier alpha value is -2.80. The molecule has 1 aliphatic heterocycles. The topological polar surface area (TPSA) is 115 Å². The van der Waals surface area contributed by atoms with Crippen molar-refractivity contribution in [3.8, 4) is 11.5 Å². The fourth-order valence-corrected chi connectivity index (χ4v) is 4.71. The number of anilines is 1. The number of hydrogen-bond donors (Lipinski definition) is 0. The Kier molecular flexibility index (Phi) is 6.55. The van der Waals surface area contributed by atoms with Gasteiger partial charge in [0.1, 0.15) is 0 Å². The van der Waals surface area contributed by atoms with Gasteiger partial charge >= 0.3 is 5.97 Å². The minimum Gasteiger partial charge on any atom is -0.454 e. The Balaban J connectivity index is 1.58. The van der Waals surface area contributed by atoms with Crippen LogP contribution >= 0.6 is 11.3 Å². The van der Waals surface area contributed by atoms with Crippen LogP contribution in [0.2, 0.25) is 0 Å². The van der Waals surface area contributed by atoms with Gasteiger partial charge in [0, 0.05) is 32.6 Å². The highest BCUT2D eigenvalue weighted by atomic mass is 32.2. The van der Waals surface area contributed by atoms with E-state index in [1.165, 1.54) is 37.6 Å². The fourth-order valence-electron chi connectivity index (χ4n) is 3.15. The number of benzene rings is 1. The molecule has 0 N–H and O–H groups in total. The summed E-state index contributed by atoms with van der Waals surface area (Å²) in [6.45, 7) is 1.98. The fraction of sp³-hybridized carbons (Fsp3) is 0.350. The van der Waals surface area contributed by atoms with Crippen molar-refractivity contribution in [1.29, 1.82) is 0 Å². The van der Waals surface area contributed by atoms with Crippen LogP contribution in [0, 0.1) is 0 Å². The maximum absolute atomic E-state index is 13.0. The summed E-state index contributed by atoms with van der Waals surface area (Å²) in [5.74, 6) is -0.126. The summed E-state index contributed by atoms with van der Waals surface area (Å²) in [6, 6.07) is 6.30. The number of morpholine rings is 1. The third-order valence-electron chi connectivity index (χ3n) is 4.89. The molecule has 10 nitrogen and oxygen atoms in total. The van der Waals surface area contributed by atoms with Gasteiger partial charge in [-0.1, -0.05) is 5.16 Å². The molecule has 0 amide bonds. The highest BCUT2D eigenvalue weighted by molar-refractivity contribution is 7.89. The number of carbonyl (C=O) groups excluding carboxylic acids is 1. The Bertz CT molecular complexity index is 1180. The lowest BCUT2D eigenvalue weighted by Crippen LogP contribution is -2.37. The number of carbonyl (C=O) groups is 1. The first kappa shape index (κ1) is 22.4. The van der Waals surface area contributed by atoms with Crippen molar-refractivity contribution >= 4 is 33.0 Å². The molecule has 32 heavy (non-hydrogen) atoms. The molecule has 12 heteroatoms. The summed E-state index contributed by atoms with van der Waals surface area (Å²) in [4.78, 5) is 19.2. The number of ether oxygens (including phenoxy) is 2. The van der Waals surface area contributed by atoms with Gasteiger partial charge in [-0.25, -0.2) is 17.5 Å². The molecule has 0 spiro atoms. The summed E-state index contributed by atoms with van der Waals surface area (Å²) in [6.07, 6.45) is 0. The van der Waals surface area contributed by atoms with Gasteiger partial charge < -0.3 is 18.9 Å². The second kappa shape index (κ2) is 9.36. The number of esters is 1. The van der Waals surface area contributed by atoms with Crippen LogP contribution in [0.1, 0.15) is 16.2 Å². The summed E-state index contributed by atoms with van der Waals surface area (Å²) in [5, 5.41) is 7.60. The van der Waals surface area contributed by atoms with Gasteiger partial charge in [0.05, 0.1) is 34.9 Å². The van der Waals surface area contributed by atoms with Gasteiger partial charge in [0.25, 0.3) is 5.89 Å². The predicted octanol–water partition coefficient (Wildman–Crippen LogP) is 2.24. The molecular weight excluding hydrogens is 456 g/mol. The van der Waals surface area contributed by atoms with E-state index in [1.807, 2.05) is 21.7 Å². The number of rotatable bonds is 7. The van der Waals surface area contributed by atoms with E-state index in [0.29, 0.717) is 37.9 Å². The molecule has 1 saturated heterocycles. The van der Waals surface area contributed by atoms with Crippen LogP contribution < -0.4 is 4.90 Å². The smallest absolute Gasteiger partial charge is 0.340 e. The number of nitrogens with zero attached hydrogens (tertiary/aromatic N) is 4. The molecule has 0 radical (unpaired) electrons. The highest BCUT2D eigenvalue weighted by Crippen LogP contribution is 2.27. The molecule has 0 saturated carbocycles. The molecule has 2 aromatic heterocycles. The van der Waals surface area contributed by atoms with Crippen molar-refractivity contribution in [2.24, 2.45) is 0 Å². The lowest BCUT2D eigenvalue weighted by atomic mass is 10.1. The zero-order chi connectivity index (χ0) is 22.7. The Morgan fingerprint density at radius 2 is 2.03 bits per heavy atom. The van der Waals surface area contributed by atoms with E-state index in [2.05, 4.69) is 10.1 Å². The van der Waals surface area contributed by atoms with E-state index in [1.54, 1.807) is 6.07 Å². The van der Waals surface area contributed by atoms with E-state index in [4.69, 9.17) is 14.0 Å². The first-order valence-electron chi connectivity index (χ1n) is 9.78. The Morgan fingerprint density at radius 3 is 2.72 bits per heavy atom. The van der Waals surface area contributed by atoms with E-state index in [-0.39, 0.29) is 22.9 Å². The molecule has 0 aliphatic carbocycles. The van der Waals surface area contributed by atoms with Crippen LogP contribution in [0.3, 0.4) is 0 Å². The van der Waals surface area contributed by atoms with Crippen molar-refractivity contribution in [1.82, 2.24) is 14.4 Å². The van der Waals surface area contributed by atoms with Crippen LogP contribution in [0.15, 0.2) is 44.4 Å². The standard InChI is InChI=1S/C20H22N4O6S2/c1-23(2)32(26,27)15-3-4-17(24-6-8-28-9-7-24)16(11-15)20(25)29-12-18-21-19(30-22-18)14-5-10-31-13-14/h3-5,10-11,13H,6-9,12H2,1-2H3. The Labute approximate surface area is 189 Å². The van der Waals surface area contributed by atoms with Gasteiger partial charge in [-0.3, -0.25) is 0 Å². The number of sulfonamides is 1. The van der Waals surface area contributed by atoms with E-state index in [9.17, 15) is 13.2 Å². The summed E-state index contributed by atoms with van der Waals surface area (Å²) in [5.41, 5.74) is 1.52. The number of aromatic nitrogens is 2. The zero-order valence-corrected chi connectivity index (χ0v) is 19.2. The van der Waals surface area contributed by atoms with Crippen molar-refractivity contribution in [2.45, 2.75) is 11.5 Å².